The average Bonchev–Trinajstić information content (AvgIpc) is 2.18. The van der Waals surface area contributed by atoms with Gasteiger partial charge in [0.1, 0.15) is 11.5 Å². The van der Waals surface area contributed by atoms with E-state index in [1.54, 1.807) is 0 Å². The lowest BCUT2D eigenvalue weighted by Crippen LogP contribution is -1.96. The summed E-state index contributed by atoms with van der Waals surface area (Å²) in [6.07, 6.45) is 1.40. The molecule has 3 nitrogen and oxygen atoms in total. The van der Waals surface area contributed by atoms with E-state index in [9.17, 15) is 9.90 Å². The molecule has 76 valence electrons. The van der Waals surface area contributed by atoms with E-state index in [4.69, 9.17) is 16.3 Å². The topological polar surface area (TPSA) is 46.5 Å². The van der Waals surface area contributed by atoms with Crippen LogP contribution >= 0.6 is 11.6 Å². The molecule has 0 fully saturated rings. The second kappa shape index (κ2) is 4.86. The number of benzene rings is 1. The molecule has 0 heterocycles. The van der Waals surface area contributed by atoms with Crippen LogP contribution in [0.25, 0.3) is 0 Å². The number of phenolic OH excluding ortho intramolecular Hbond substituents is 1. The summed E-state index contributed by atoms with van der Waals surface area (Å²) in [6, 6.07) is 2.73. The van der Waals surface area contributed by atoms with Gasteiger partial charge < -0.3 is 9.84 Å². The van der Waals surface area contributed by atoms with E-state index < -0.39 is 0 Å². The molecule has 0 bridgehead atoms. The van der Waals surface area contributed by atoms with Crippen molar-refractivity contribution in [2.45, 2.75) is 13.3 Å². The van der Waals surface area contributed by atoms with Crippen LogP contribution in [0, 0.1) is 0 Å². The molecule has 1 aromatic carbocycles. The molecule has 14 heavy (non-hydrogen) atoms. The van der Waals surface area contributed by atoms with Gasteiger partial charge in [0.15, 0.2) is 6.29 Å². The third-order valence-electron chi connectivity index (χ3n) is 1.67. The van der Waals surface area contributed by atoms with Gasteiger partial charge >= 0.3 is 0 Å². The van der Waals surface area contributed by atoms with Crippen molar-refractivity contribution in [1.82, 2.24) is 0 Å². The van der Waals surface area contributed by atoms with Crippen molar-refractivity contribution in [3.8, 4) is 11.5 Å². The lowest BCUT2D eigenvalue weighted by molar-refractivity contribution is 0.112. The first kappa shape index (κ1) is 10.9. The Morgan fingerprint density at radius 2 is 2.29 bits per heavy atom. The van der Waals surface area contributed by atoms with E-state index >= 15 is 0 Å². The Hall–Kier alpha value is -1.22. The Morgan fingerprint density at radius 3 is 2.86 bits per heavy atom. The zero-order valence-electron chi connectivity index (χ0n) is 7.79. The van der Waals surface area contributed by atoms with Gasteiger partial charge in [-0.3, -0.25) is 4.79 Å². The summed E-state index contributed by atoms with van der Waals surface area (Å²) in [7, 11) is 0. The Balaban J connectivity index is 2.96. The first-order valence-electron chi connectivity index (χ1n) is 4.29. The molecule has 4 heteroatoms. The fourth-order valence-corrected chi connectivity index (χ4v) is 1.20. The third-order valence-corrected chi connectivity index (χ3v) is 1.97. The second-order valence-corrected chi connectivity index (χ2v) is 3.21. The maximum atomic E-state index is 10.4. The fourth-order valence-electron chi connectivity index (χ4n) is 0.975. The lowest BCUT2D eigenvalue weighted by Gasteiger charge is -2.07. The number of carbonyl (C=O) groups is 1. The summed E-state index contributed by atoms with van der Waals surface area (Å²) in [5.74, 6) is 0.284. The molecular weight excluding hydrogens is 204 g/mol. The normalized spacial score (nSPS) is 9.86. The zero-order chi connectivity index (χ0) is 10.6. The van der Waals surface area contributed by atoms with Crippen LogP contribution in [0.15, 0.2) is 12.1 Å². The monoisotopic (exact) mass is 214 g/mol. The van der Waals surface area contributed by atoms with Crippen LogP contribution in [0.4, 0.5) is 0 Å². The molecule has 0 amide bonds. The first-order valence-corrected chi connectivity index (χ1v) is 4.67. The van der Waals surface area contributed by atoms with Crippen LogP contribution < -0.4 is 4.74 Å². The minimum absolute atomic E-state index is 0.115. The van der Waals surface area contributed by atoms with E-state index in [0.717, 1.165) is 6.42 Å². The van der Waals surface area contributed by atoms with Crippen molar-refractivity contribution in [3.63, 3.8) is 0 Å². The maximum Gasteiger partial charge on any atom is 0.153 e. The molecular formula is C10H11ClO3. The number of hydrogen-bond acceptors (Lipinski definition) is 3. The highest BCUT2D eigenvalue weighted by atomic mass is 35.5. The van der Waals surface area contributed by atoms with E-state index in [1.165, 1.54) is 12.1 Å². The molecule has 0 aliphatic heterocycles. The van der Waals surface area contributed by atoms with Gasteiger partial charge in [-0.1, -0.05) is 18.5 Å². The minimum atomic E-state index is -0.115. The van der Waals surface area contributed by atoms with Crippen molar-refractivity contribution < 1.29 is 14.6 Å². The molecule has 0 aliphatic rings. The molecule has 0 spiro atoms. The maximum absolute atomic E-state index is 10.4. The molecule has 0 aliphatic carbocycles. The van der Waals surface area contributed by atoms with Crippen LogP contribution in [0.3, 0.4) is 0 Å². The quantitative estimate of drug-likeness (QED) is 0.784. The van der Waals surface area contributed by atoms with Crippen molar-refractivity contribution in [2.24, 2.45) is 0 Å². The largest absolute Gasteiger partial charge is 0.507 e. The number of rotatable bonds is 4. The summed E-state index contributed by atoms with van der Waals surface area (Å²) in [6.45, 7) is 2.49. The molecule has 0 unspecified atom stereocenters. The third kappa shape index (κ3) is 2.39. The number of ether oxygens (including phenoxy) is 1. The Bertz CT molecular complexity index is 336. The van der Waals surface area contributed by atoms with Gasteiger partial charge in [0.2, 0.25) is 0 Å². The molecule has 0 saturated heterocycles. The van der Waals surface area contributed by atoms with Crippen molar-refractivity contribution in [2.75, 3.05) is 6.61 Å². The highest BCUT2D eigenvalue weighted by molar-refractivity contribution is 6.32. The van der Waals surface area contributed by atoms with E-state index in [1.807, 2.05) is 6.92 Å². The summed E-state index contributed by atoms with van der Waals surface area (Å²) in [5, 5.41) is 9.68. The number of halogens is 1. The predicted molar refractivity (Wildman–Crippen MR) is 54.3 cm³/mol. The van der Waals surface area contributed by atoms with Gasteiger partial charge in [0, 0.05) is 6.07 Å². The Morgan fingerprint density at radius 1 is 1.57 bits per heavy atom. The standard InChI is InChI=1S/C10H11ClO3/c1-2-3-14-10-5-9(13)7(6-12)4-8(10)11/h4-6,13H,2-3H2,1H3. The first-order chi connectivity index (χ1) is 6.69. The van der Waals surface area contributed by atoms with Crippen LogP contribution in [0.2, 0.25) is 5.02 Å². The number of aromatic hydroxyl groups is 1. The van der Waals surface area contributed by atoms with Gasteiger partial charge in [-0.05, 0) is 12.5 Å². The van der Waals surface area contributed by atoms with E-state index in [-0.39, 0.29) is 11.3 Å². The molecule has 0 aromatic heterocycles. The predicted octanol–water partition coefficient (Wildman–Crippen LogP) is 2.65. The number of aldehydes is 1. The highest BCUT2D eigenvalue weighted by Gasteiger charge is 2.07. The van der Waals surface area contributed by atoms with Gasteiger partial charge in [-0.25, -0.2) is 0 Å². The Kier molecular flexibility index (Phi) is 3.77. The minimum Gasteiger partial charge on any atom is -0.507 e. The van der Waals surface area contributed by atoms with Gasteiger partial charge in [0.25, 0.3) is 0 Å². The smallest absolute Gasteiger partial charge is 0.153 e. The molecule has 1 N–H and O–H groups in total. The van der Waals surface area contributed by atoms with Gasteiger partial charge in [-0.2, -0.15) is 0 Å². The van der Waals surface area contributed by atoms with Gasteiger partial charge in [-0.15, -0.1) is 0 Å². The average molecular weight is 215 g/mol. The second-order valence-electron chi connectivity index (χ2n) is 2.81. The molecule has 1 rings (SSSR count). The summed E-state index contributed by atoms with van der Waals surface area (Å²) in [4.78, 5) is 10.4. The lowest BCUT2D eigenvalue weighted by atomic mass is 10.2. The SMILES string of the molecule is CCCOc1cc(O)c(C=O)cc1Cl. The summed E-state index contributed by atoms with van der Waals surface area (Å²) >= 11 is 5.82. The van der Waals surface area contributed by atoms with Crippen molar-refractivity contribution in [1.29, 1.82) is 0 Å². The number of hydrogen-bond donors (Lipinski definition) is 1. The van der Waals surface area contributed by atoms with Crippen molar-refractivity contribution >= 4 is 17.9 Å². The van der Waals surface area contributed by atoms with Gasteiger partial charge in [0.05, 0.1) is 17.2 Å². The zero-order valence-corrected chi connectivity index (χ0v) is 8.54. The highest BCUT2D eigenvalue weighted by Crippen LogP contribution is 2.31. The van der Waals surface area contributed by atoms with Crippen LogP contribution in [-0.4, -0.2) is 18.0 Å². The summed E-state index contributed by atoms with van der Waals surface area (Å²) in [5.41, 5.74) is 0.166. The van der Waals surface area contributed by atoms with E-state index in [2.05, 4.69) is 0 Å². The summed E-state index contributed by atoms with van der Waals surface area (Å²) < 4.78 is 5.26. The number of phenols is 1. The van der Waals surface area contributed by atoms with Crippen LogP contribution in [0.5, 0.6) is 11.5 Å². The molecule has 0 atom stereocenters. The fraction of sp³-hybridized carbons (Fsp3) is 0.300. The molecule has 0 radical (unpaired) electrons. The van der Waals surface area contributed by atoms with Crippen LogP contribution in [0.1, 0.15) is 23.7 Å². The van der Waals surface area contributed by atoms with Crippen molar-refractivity contribution in [3.05, 3.63) is 22.7 Å². The number of carbonyl (C=O) groups excluding carboxylic acids is 1. The molecule has 1 aromatic rings. The Labute approximate surface area is 87.3 Å². The molecule has 0 saturated carbocycles. The van der Waals surface area contributed by atoms with Crippen LogP contribution in [-0.2, 0) is 0 Å². The van der Waals surface area contributed by atoms with E-state index in [0.29, 0.717) is 23.7 Å².